The molecule has 0 saturated heterocycles. The van der Waals surface area contributed by atoms with Gasteiger partial charge in [-0.25, -0.2) is 0 Å². The van der Waals surface area contributed by atoms with Crippen molar-refractivity contribution in [2.75, 3.05) is 38.8 Å². The van der Waals surface area contributed by atoms with Crippen molar-refractivity contribution < 1.29 is 19.0 Å². The number of benzene rings is 3. The van der Waals surface area contributed by atoms with Gasteiger partial charge in [-0.3, -0.25) is 9.79 Å². The molecule has 3 aromatic carbocycles. The number of amides is 1. The highest BCUT2D eigenvalue weighted by atomic mass is 16.5. The lowest BCUT2D eigenvalue weighted by molar-refractivity contribution is -0.117. The molecule has 1 aliphatic rings. The van der Waals surface area contributed by atoms with E-state index in [0.717, 1.165) is 33.7 Å². The summed E-state index contributed by atoms with van der Waals surface area (Å²) in [6.07, 6.45) is 0. The zero-order valence-corrected chi connectivity index (χ0v) is 20.2. The summed E-state index contributed by atoms with van der Waals surface area (Å²) in [5, 5.41) is 0. The molecule has 0 unspecified atom stereocenters. The molecule has 0 bridgehead atoms. The Kier molecular flexibility index (Phi) is 7.81. The van der Waals surface area contributed by atoms with E-state index in [1.807, 2.05) is 73.7 Å². The summed E-state index contributed by atoms with van der Waals surface area (Å²) >= 11 is 0. The van der Waals surface area contributed by atoms with E-state index in [0.29, 0.717) is 31.3 Å². The van der Waals surface area contributed by atoms with Crippen molar-refractivity contribution in [3.63, 3.8) is 0 Å². The molecule has 6 heteroatoms. The number of aliphatic imine (C=N–C) groups is 1. The Morgan fingerprint density at radius 3 is 2.37 bits per heavy atom. The van der Waals surface area contributed by atoms with Crippen LogP contribution < -0.4 is 14.4 Å². The summed E-state index contributed by atoms with van der Waals surface area (Å²) in [6.45, 7) is 3.44. The second kappa shape index (κ2) is 11.4. The maximum Gasteiger partial charge on any atom is 0.248 e. The van der Waals surface area contributed by atoms with Crippen LogP contribution in [0.4, 0.5) is 5.69 Å². The molecule has 3 aromatic rings. The number of carbonyl (C=O) groups is 1. The lowest BCUT2D eigenvalue weighted by Crippen LogP contribution is -2.32. The SMILES string of the molecule is CCN1C(=O)CN=C(c2ccc(C#CCOCc3ccccc3)cc2)c2cc(OC)c(OC)cc21. The van der Waals surface area contributed by atoms with Gasteiger partial charge in [0.1, 0.15) is 13.2 Å². The maximum atomic E-state index is 12.8. The molecule has 178 valence electrons. The number of hydrogen-bond acceptors (Lipinski definition) is 5. The van der Waals surface area contributed by atoms with Crippen LogP contribution in [0.3, 0.4) is 0 Å². The molecule has 1 aliphatic heterocycles. The molecule has 0 N–H and O–H groups in total. The van der Waals surface area contributed by atoms with Crippen LogP contribution in [0.5, 0.6) is 11.5 Å². The highest BCUT2D eigenvalue weighted by molar-refractivity contribution is 6.20. The van der Waals surface area contributed by atoms with Crippen LogP contribution in [0, 0.1) is 11.8 Å². The molecule has 6 nitrogen and oxygen atoms in total. The Morgan fingerprint density at radius 1 is 0.971 bits per heavy atom. The van der Waals surface area contributed by atoms with Gasteiger partial charge in [0.15, 0.2) is 11.5 Å². The number of fused-ring (bicyclic) bond motifs is 1. The van der Waals surface area contributed by atoms with Gasteiger partial charge in [0.25, 0.3) is 0 Å². The molecule has 0 radical (unpaired) electrons. The van der Waals surface area contributed by atoms with Crippen LogP contribution in [0.15, 0.2) is 71.7 Å². The number of ether oxygens (including phenoxy) is 3. The van der Waals surface area contributed by atoms with Gasteiger partial charge in [-0.2, -0.15) is 0 Å². The number of anilines is 1. The summed E-state index contributed by atoms with van der Waals surface area (Å²) in [5.41, 5.74) is 5.21. The minimum Gasteiger partial charge on any atom is -0.493 e. The first-order valence-electron chi connectivity index (χ1n) is 11.5. The second-order valence-electron chi connectivity index (χ2n) is 7.88. The predicted octanol–water partition coefficient (Wildman–Crippen LogP) is 4.48. The average Bonchev–Trinajstić information content (AvgIpc) is 3.03. The Labute approximate surface area is 206 Å². The fraction of sp³-hybridized carbons (Fsp3) is 0.241. The summed E-state index contributed by atoms with van der Waals surface area (Å²) in [6, 6.07) is 21.6. The van der Waals surface area contributed by atoms with Gasteiger partial charge >= 0.3 is 0 Å². The first-order chi connectivity index (χ1) is 17.1. The number of methoxy groups -OCH3 is 2. The molecule has 0 atom stereocenters. The van der Waals surface area contributed by atoms with Crippen LogP contribution in [0.2, 0.25) is 0 Å². The molecule has 0 saturated carbocycles. The second-order valence-corrected chi connectivity index (χ2v) is 7.88. The third kappa shape index (κ3) is 5.53. The minimum atomic E-state index is -0.0611. The molecule has 1 heterocycles. The first-order valence-corrected chi connectivity index (χ1v) is 11.5. The van der Waals surface area contributed by atoms with Crippen molar-refractivity contribution in [3.8, 4) is 23.3 Å². The molecular formula is C29H28N2O4. The van der Waals surface area contributed by atoms with Crippen molar-refractivity contribution in [3.05, 3.63) is 89.0 Å². The lowest BCUT2D eigenvalue weighted by Gasteiger charge is -2.23. The Hall–Kier alpha value is -4.08. The van der Waals surface area contributed by atoms with E-state index in [9.17, 15) is 4.79 Å². The van der Waals surface area contributed by atoms with Crippen molar-refractivity contribution in [2.45, 2.75) is 13.5 Å². The van der Waals surface area contributed by atoms with E-state index in [4.69, 9.17) is 14.2 Å². The summed E-state index contributed by atoms with van der Waals surface area (Å²) in [5.74, 6) is 7.29. The van der Waals surface area contributed by atoms with Crippen LogP contribution in [0.1, 0.15) is 29.2 Å². The van der Waals surface area contributed by atoms with Crippen LogP contribution >= 0.6 is 0 Å². The number of rotatable bonds is 7. The number of nitrogens with zero attached hydrogens (tertiary/aromatic N) is 2. The molecule has 1 amide bonds. The largest absolute Gasteiger partial charge is 0.493 e. The van der Waals surface area contributed by atoms with Crippen LogP contribution in [-0.4, -0.2) is 45.5 Å². The number of carbonyl (C=O) groups excluding carboxylic acids is 1. The van der Waals surface area contributed by atoms with Crippen molar-refractivity contribution in [1.29, 1.82) is 0 Å². The lowest BCUT2D eigenvalue weighted by atomic mass is 9.98. The summed E-state index contributed by atoms with van der Waals surface area (Å²) < 4.78 is 16.6. The Balaban J connectivity index is 1.55. The third-order valence-corrected chi connectivity index (χ3v) is 5.71. The predicted molar refractivity (Wildman–Crippen MR) is 137 cm³/mol. The van der Waals surface area contributed by atoms with Crippen LogP contribution in [0.25, 0.3) is 0 Å². The Bertz CT molecular complexity index is 1270. The van der Waals surface area contributed by atoms with Gasteiger partial charge in [0.2, 0.25) is 5.91 Å². The molecule has 4 rings (SSSR count). The molecule has 0 fully saturated rings. The van der Waals surface area contributed by atoms with E-state index >= 15 is 0 Å². The van der Waals surface area contributed by atoms with Crippen molar-refractivity contribution in [2.24, 2.45) is 4.99 Å². The molecule has 35 heavy (non-hydrogen) atoms. The molecule has 0 spiro atoms. The van der Waals surface area contributed by atoms with Gasteiger partial charge < -0.3 is 19.1 Å². The quantitative estimate of drug-likeness (QED) is 0.379. The standard InChI is InChI=1S/C29H28N2O4/c1-4-31-25-18-27(34-3)26(33-2)17-24(25)29(30-19-28(31)32)23-14-12-21(13-15-23)11-8-16-35-20-22-9-6-5-7-10-22/h5-7,9-10,12-15,17-18H,4,16,19-20H2,1-3H3. The normalized spacial score (nSPS) is 12.7. The van der Waals surface area contributed by atoms with Gasteiger partial charge in [-0.05, 0) is 30.7 Å². The monoisotopic (exact) mass is 468 g/mol. The van der Waals surface area contributed by atoms with Crippen LogP contribution in [-0.2, 0) is 16.1 Å². The minimum absolute atomic E-state index is 0.0611. The summed E-state index contributed by atoms with van der Waals surface area (Å²) in [4.78, 5) is 19.2. The summed E-state index contributed by atoms with van der Waals surface area (Å²) in [7, 11) is 3.18. The maximum absolute atomic E-state index is 12.8. The van der Waals surface area contributed by atoms with Crippen molar-refractivity contribution in [1.82, 2.24) is 0 Å². The fourth-order valence-electron chi connectivity index (χ4n) is 3.97. The highest BCUT2D eigenvalue weighted by Crippen LogP contribution is 2.37. The fourth-order valence-corrected chi connectivity index (χ4v) is 3.97. The number of hydrogen-bond donors (Lipinski definition) is 0. The van der Waals surface area contributed by atoms with Gasteiger partial charge in [0.05, 0.1) is 32.2 Å². The van der Waals surface area contributed by atoms with E-state index in [2.05, 4.69) is 16.8 Å². The first kappa shape index (κ1) is 24.1. The molecule has 0 aliphatic carbocycles. The third-order valence-electron chi connectivity index (χ3n) is 5.71. The molecule has 0 aromatic heterocycles. The van der Waals surface area contributed by atoms with E-state index < -0.39 is 0 Å². The zero-order chi connectivity index (χ0) is 24.6. The average molecular weight is 469 g/mol. The molecular weight excluding hydrogens is 440 g/mol. The van der Waals surface area contributed by atoms with Gasteiger partial charge in [-0.15, -0.1) is 0 Å². The highest BCUT2D eigenvalue weighted by Gasteiger charge is 2.26. The van der Waals surface area contributed by atoms with E-state index in [1.54, 1.807) is 19.1 Å². The number of benzodiazepines with no additional fused rings is 1. The van der Waals surface area contributed by atoms with Gasteiger partial charge in [0, 0.05) is 29.3 Å². The van der Waals surface area contributed by atoms with E-state index in [1.165, 1.54) is 0 Å². The smallest absolute Gasteiger partial charge is 0.248 e. The topological polar surface area (TPSA) is 60.4 Å². The van der Waals surface area contributed by atoms with Crippen molar-refractivity contribution >= 4 is 17.3 Å². The van der Waals surface area contributed by atoms with Gasteiger partial charge in [-0.1, -0.05) is 54.3 Å². The zero-order valence-electron chi connectivity index (χ0n) is 20.2. The number of likely N-dealkylation sites (N-methyl/N-ethyl adjacent to an activating group) is 1. The Morgan fingerprint density at radius 2 is 1.69 bits per heavy atom. The van der Waals surface area contributed by atoms with E-state index in [-0.39, 0.29) is 12.5 Å².